The zero-order chi connectivity index (χ0) is 15.9. The van der Waals surface area contributed by atoms with E-state index in [1.54, 1.807) is 0 Å². The number of rotatable bonds is 3. The van der Waals surface area contributed by atoms with E-state index in [2.05, 4.69) is 34.9 Å². The fourth-order valence-electron chi connectivity index (χ4n) is 2.85. The Kier molecular flexibility index (Phi) is 3.76. The first-order valence-corrected chi connectivity index (χ1v) is 7.89. The minimum atomic E-state index is 0.175. The quantitative estimate of drug-likeness (QED) is 0.868. The van der Waals surface area contributed by atoms with Crippen molar-refractivity contribution < 1.29 is 4.79 Å². The average molecular weight is 301 g/mol. The standard InChI is InChI=1S/C16H23N5O/c1-5-19-6-7-20(10-16(19)22)15-9-13(11(2)3)17-14-8-12(4)18-21(14)15/h8-9,11H,5-7,10H2,1-4H3. The first-order valence-electron chi connectivity index (χ1n) is 7.89. The third-order valence-electron chi connectivity index (χ3n) is 4.17. The fraction of sp³-hybridized carbons (Fsp3) is 0.562. The van der Waals surface area contributed by atoms with Crippen molar-refractivity contribution in [2.24, 2.45) is 0 Å². The van der Waals surface area contributed by atoms with Crippen LogP contribution >= 0.6 is 0 Å². The molecule has 0 atom stereocenters. The molecule has 0 spiro atoms. The Hall–Kier alpha value is -2.11. The topological polar surface area (TPSA) is 53.7 Å². The summed E-state index contributed by atoms with van der Waals surface area (Å²) in [5.41, 5.74) is 2.82. The molecule has 6 heteroatoms. The lowest BCUT2D eigenvalue weighted by molar-refractivity contribution is -0.130. The molecule has 1 fully saturated rings. The van der Waals surface area contributed by atoms with Crippen LogP contribution in [0.25, 0.3) is 5.65 Å². The fourth-order valence-corrected chi connectivity index (χ4v) is 2.85. The molecule has 22 heavy (non-hydrogen) atoms. The van der Waals surface area contributed by atoms with E-state index in [1.165, 1.54) is 0 Å². The van der Waals surface area contributed by atoms with E-state index in [-0.39, 0.29) is 5.91 Å². The summed E-state index contributed by atoms with van der Waals surface area (Å²) in [5.74, 6) is 1.48. The van der Waals surface area contributed by atoms with Crippen LogP contribution in [0, 0.1) is 6.92 Å². The molecule has 0 bridgehead atoms. The van der Waals surface area contributed by atoms with E-state index in [9.17, 15) is 4.79 Å². The predicted octanol–water partition coefficient (Wildman–Crippen LogP) is 1.83. The number of hydrogen-bond donors (Lipinski definition) is 0. The van der Waals surface area contributed by atoms with Gasteiger partial charge in [-0.3, -0.25) is 4.79 Å². The molecule has 0 N–H and O–H groups in total. The summed E-state index contributed by atoms with van der Waals surface area (Å²) in [6.45, 7) is 11.0. The van der Waals surface area contributed by atoms with Gasteiger partial charge in [-0.1, -0.05) is 13.8 Å². The van der Waals surface area contributed by atoms with Crippen molar-refractivity contribution in [3.8, 4) is 0 Å². The molecule has 0 aliphatic carbocycles. The molecule has 1 aliphatic rings. The van der Waals surface area contributed by atoms with Crippen molar-refractivity contribution in [2.45, 2.75) is 33.6 Å². The minimum Gasteiger partial charge on any atom is -0.345 e. The number of nitrogens with zero attached hydrogens (tertiary/aromatic N) is 5. The number of aryl methyl sites for hydroxylation is 1. The number of carbonyl (C=O) groups is 1. The summed E-state index contributed by atoms with van der Waals surface area (Å²) in [4.78, 5) is 20.9. The van der Waals surface area contributed by atoms with Crippen LogP contribution in [0.4, 0.5) is 5.82 Å². The minimum absolute atomic E-state index is 0.175. The molecule has 0 radical (unpaired) electrons. The Labute approximate surface area is 130 Å². The van der Waals surface area contributed by atoms with Gasteiger partial charge < -0.3 is 9.80 Å². The van der Waals surface area contributed by atoms with Gasteiger partial charge in [0.1, 0.15) is 5.82 Å². The number of hydrogen-bond acceptors (Lipinski definition) is 4. The number of likely N-dealkylation sites (N-methyl/N-ethyl adjacent to an activating group) is 1. The summed E-state index contributed by atoms with van der Waals surface area (Å²) < 4.78 is 1.86. The van der Waals surface area contributed by atoms with Gasteiger partial charge in [0.05, 0.1) is 12.2 Å². The van der Waals surface area contributed by atoms with Crippen molar-refractivity contribution in [2.75, 3.05) is 31.1 Å². The largest absolute Gasteiger partial charge is 0.345 e. The Balaban J connectivity index is 2.04. The monoisotopic (exact) mass is 301 g/mol. The van der Waals surface area contributed by atoms with Gasteiger partial charge in [0.25, 0.3) is 0 Å². The molecule has 3 rings (SSSR count). The van der Waals surface area contributed by atoms with Crippen LogP contribution in [0.5, 0.6) is 0 Å². The van der Waals surface area contributed by atoms with Gasteiger partial charge >= 0.3 is 0 Å². The summed E-state index contributed by atoms with van der Waals surface area (Å²) in [5, 5.41) is 4.54. The second-order valence-electron chi connectivity index (χ2n) is 6.14. The predicted molar refractivity (Wildman–Crippen MR) is 86.3 cm³/mol. The molecule has 2 aromatic rings. The van der Waals surface area contributed by atoms with E-state index in [0.29, 0.717) is 12.5 Å². The Morgan fingerprint density at radius 1 is 1.27 bits per heavy atom. The second-order valence-corrected chi connectivity index (χ2v) is 6.14. The number of carbonyl (C=O) groups excluding carboxylic acids is 1. The van der Waals surface area contributed by atoms with E-state index in [4.69, 9.17) is 0 Å². The van der Waals surface area contributed by atoms with Gasteiger partial charge in [-0.25, -0.2) is 4.98 Å². The Bertz CT molecular complexity index is 706. The van der Waals surface area contributed by atoms with Gasteiger partial charge in [-0.2, -0.15) is 9.61 Å². The van der Waals surface area contributed by atoms with Gasteiger partial charge in [-0.05, 0) is 19.8 Å². The van der Waals surface area contributed by atoms with Crippen molar-refractivity contribution in [1.29, 1.82) is 0 Å². The van der Waals surface area contributed by atoms with Crippen LogP contribution in [-0.4, -0.2) is 51.6 Å². The average Bonchev–Trinajstić information content (AvgIpc) is 2.86. The molecule has 2 aromatic heterocycles. The molecule has 1 aliphatic heterocycles. The molecule has 0 unspecified atom stereocenters. The lowest BCUT2D eigenvalue weighted by Gasteiger charge is -2.35. The number of aromatic nitrogens is 3. The van der Waals surface area contributed by atoms with Crippen molar-refractivity contribution in [3.05, 3.63) is 23.5 Å². The Morgan fingerprint density at radius 3 is 2.68 bits per heavy atom. The van der Waals surface area contributed by atoms with Crippen LogP contribution in [0.1, 0.15) is 38.1 Å². The van der Waals surface area contributed by atoms with Crippen molar-refractivity contribution in [3.63, 3.8) is 0 Å². The molecule has 1 amide bonds. The lowest BCUT2D eigenvalue weighted by Crippen LogP contribution is -2.50. The molecule has 0 aromatic carbocycles. The van der Waals surface area contributed by atoms with Gasteiger partial charge in [0, 0.05) is 37.5 Å². The van der Waals surface area contributed by atoms with Crippen LogP contribution in [0.3, 0.4) is 0 Å². The Morgan fingerprint density at radius 2 is 2.05 bits per heavy atom. The first kappa shape index (κ1) is 14.8. The number of fused-ring (bicyclic) bond motifs is 1. The molecule has 6 nitrogen and oxygen atoms in total. The maximum atomic E-state index is 12.2. The zero-order valence-corrected chi connectivity index (χ0v) is 13.7. The highest BCUT2D eigenvalue weighted by Gasteiger charge is 2.25. The third kappa shape index (κ3) is 2.53. The summed E-state index contributed by atoms with van der Waals surface area (Å²) in [6.07, 6.45) is 0. The van der Waals surface area contributed by atoms with Crippen LogP contribution in [-0.2, 0) is 4.79 Å². The van der Waals surface area contributed by atoms with E-state index >= 15 is 0 Å². The summed E-state index contributed by atoms with van der Waals surface area (Å²) >= 11 is 0. The van der Waals surface area contributed by atoms with Crippen molar-refractivity contribution in [1.82, 2.24) is 19.5 Å². The van der Waals surface area contributed by atoms with Gasteiger partial charge in [0.15, 0.2) is 5.65 Å². The first-order chi connectivity index (χ1) is 10.5. The zero-order valence-electron chi connectivity index (χ0n) is 13.7. The summed E-state index contributed by atoms with van der Waals surface area (Å²) in [7, 11) is 0. The molecule has 1 saturated heterocycles. The molecule has 3 heterocycles. The highest BCUT2D eigenvalue weighted by Crippen LogP contribution is 2.23. The highest BCUT2D eigenvalue weighted by atomic mass is 16.2. The maximum absolute atomic E-state index is 12.2. The van der Waals surface area contributed by atoms with E-state index < -0.39 is 0 Å². The lowest BCUT2D eigenvalue weighted by atomic mass is 10.1. The summed E-state index contributed by atoms with van der Waals surface area (Å²) in [6, 6.07) is 4.05. The number of amides is 1. The molecular formula is C16H23N5O. The normalized spacial score (nSPS) is 16.1. The van der Waals surface area contributed by atoms with Crippen molar-refractivity contribution >= 4 is 17.4 Å². The van der Waals surface area contributed by atoms with E-state index in [0.717, 1.165) is 42.5 Å². The smallest absolute Gasteiger partial charge is 0.242 e. The maximum Gasteiger partial charge on any atom is 0.242 e. The van der Waals surface area contributed by atoms with Gasteiger partial charge in [0.2, 0.25) is 5.91 Å². The highest BCUT2D eigenvalue weighted by molar-refractivity contribution is 5.82. The van der Waals surface area contributed by atoms with Crippen LogP contribution < -0.4 is 4.90 Å². The molecule has 0 saturated carbocycles. The third-order valence-corrected chi connectivity index (χ3v) is 4.17. The number of anilines is 1. The second kappa shape index (κ2) is 5.59. The van der Waals surface area contributed by atoms with Crippen LogP contribution in [0.2, 0.25) is 0 Å². The SMILES string of the molecule is CCN1CCN(c2cc(C(C)C)nc3cc(C)nn23)CC1=O. The number of piperazine rings is 1. The molecular weight excluding hydrogens is 278 g/mol. The molecule has 118 valence electrons. The van der Waals surface area contributed by atoms with Crippen LogP contribution in [0.15, 0.2) is 12.1 Å². The van der Waals surface area contributed by atoms with Gasteiger partial charge in [-0.15, -0.1) is 0 Å². The van der Waals surface area contributed by atoms with E-state index in [1.807, 2.05) is 29.3 Å².